The zero-order valence-corrected chi connectivity index (χ0v) is 22.5. The molecule has 0 bridgehead atoms. The van der Waals surface area contributed by atoms with Crippen molar-refractivity contribution in [3.8, 4) is 17.0 Å². The molecule has 0 saturated carbocycles. The summed E-state index contributed by atoms with van der Waals surface area (Å²) in [6, 6.07) is 16.7. The Morgan fingerprint density at radius 2 is 1.72 bits per heavy atom. The lowest BCUT2D eigenvalue weighted by Crippen LogP contribution is -2.35. The lowest BCUT2D eigenvalue weighted by atomic mass is 10.1. The molecule has 0 saturated heterocycles. The average Bonchev–Trinajstić information content (AvgIpc) is 2.91. The molecule has 0 spiro atoms. The van der Waals surface area contributed by atoms with Gasteiger partial charge in [0.25, 0.3) is 5.56 Å². The molecular weight excluding hydrogens is 525 g/mol. The average molecular weight is 554 g/mol. The molecule has 11 heteroatoms. The minimum Gasteiger partial charge on any atom is -0.492 e. The molecule has 0 aliphatic carbocycles. The van der Waals surface area contributed by atoms with E-state index in [0.29, 0.717) is 29.0 Å². The number of ether oxygens (including phenoxy) is 2. The van der Waals surface area contributed by atoms with Gasteiger partial charge in [-0.3, -0.25) is 9.36 Å². The van der Waals surface area contributed by atoms with Crippen molar-refractivity contribution in [2.75, 3.05) is 20.3 Å². The Morgan fingerprint density at radius 3 is 2.33 bits per heavy atom. The lowest BCUT2D eigenvalue weighted by molar-refractivity contribution is 0.116. The third kappa shape index (κ3) is 5.75. The van der Waals surface area contributed by atoms with E-state index in [4.69, 9.17) is 9.47 Å². The maximum absolute atomic E-state index is 13.9. The Balaban J connectivity index is 1.86. The van der Waals surface area contributed by atoms with Crippen molar-refractivity contribution in [2.45, 2.75) is 36.3 Å². The highest BCUT2D eigenvalue weighted by atomic mass is 32.2. The molecule has 39 heavy (non-hydrogen) atoms. The summed E-state index contributed by atoms with van der Waals surface area (Å²) >= 11 is 0. The van der Waals surface area contributed by atoms with Crippen LogP contribution in [-0.4, -0.2) is 48.4 Å². The van der Waals surface area contributed by atoms with E-state index in [1.807, 2.05) is 6.07 Å². The second-order valence-corrected chi connectivity index (χ2v) is 10.6. The van der Waals surface area contributed by atoms with E-state index >= 15 is 0 Å². The van der Waals surface area contributed by atoms with Gasteiger partial charge in [-0.2, -0.15) is 9.37 Å². The summed E-state index contributed by atoms with van der Waals surface area (Å²) in [5, 5.41) is 10.7. The molecule has 1 atom stereocenters. The first-order valence-electron chi connectivity index (χ1n) is 12.1. The van der Waals surface area contributed by atoms with E-state index in [2.05, 4.69) is 9.97 Å². The maximum atomic E-state index is 13.9. The van der Waals surface area contributed by atoms with Gasteiger partial charge < -0.3 is 14.6 Å². The van der Waals surface area contributed by atoms with Crippen LogP contribution in [0.1, 0.15) is 30.0 Å². The Labute approximate surface area is 225 Å². The van der Waals surface area contributed by atoms with Crippen LogP contribution in [0.15, 0.2) is 81.3 Å². The number of benzene rings is 2. The van der Waals surface area contributed by atoms with Crippen LogP contribution in [0.5, 0.6) is 5.88 Å². The van der Waals surface area contributed by atoms with Crippen molar-refractivity contribution in [2.24, 2.45) is 0 Å². The predicted molar refractivity (Wildman–Crippen MR) is 142 cm³/mol. The van der Waals surface area contributed by atoms with Crippen LogP contribution in [0.4, 0.5) is 4.39 Å². The monoisotopic (exact) mass is 553 g/mol. The Bertz CT molecular complexity index is 1620. The number of aromatic nitrogens is 3. The fraction of sp³-hybridized carbons (Fsp3) is 0.250. The zero-order chi connectivity index (χ0) is 28.2. The molecule has 4 rings (SSSR count). The SMILES string of the molecule is CCOCc1nc(O)c(S(=O)(=O)c2ccc(-c3ccc(F)nc3C)cc2)c(=O)n1C(COC)c1ccccc1. The molecule has 2 heterocycles. The molecule has 0 radical (unpaired) electrons. The first-order valence-corrected chi connectivity index (χ1v) is 13.6. The summed E-state index contributed by atoms with van der Waals surface area (Å²) < 4.78 is 52.8. The summed E-state index contributed by atoms with van der Waals surface area (Å²) in [5.74, 6) is -1.48. The Morgan fingerprint density at radius 1 is 1.03 bits per heavy atom. The standard InChI is InChI=1S/C28H28FN3O6S/c1-4-38-17-25-31-27(33)26(28(34)32(25)23(16-37-3)20-8-6-5-7-9-20)39(35,36)21-12-10-19(11-13-21)22-14-15-24(29)30-18(22)2/h5-15,23,33H,4,16-17H2,1-3H3. The normalized spacial score (nSPS) is 12.4. The predicted octanol–water partition coefficient (Wildman–Crippen LogP) is 4.06. The number of rotatable bonds is 10. The molecular formula is C28H28FN3O6S. The maximum Gasteiger partial charge on any atom is 0.277 e. The molecule has 0 amide bonds. The van der Waals surface area contributed by atoms with Crippen molar-refractivity contribution in [1.29, 1.82) is 0 Å². The number of sulfone groups is 1. The van der Waals surface area contributed by atoms with Gasteiger partial charge in [0.15, 0.2) is 4.90 Å². The Kier molecular flexibility index (Phi) is 8.54. The van der Waals surface area contributed by atoms with Gasteiger partial charge in [-0.05, 0) is 49.2 Å². The number of aryl methyl sites for hydroxylation is 1. The minimum atomic E-state index is -4.51. The molecule has 4 aromatic rings. The molecule has 2 aromatic heterocycles. The zero-order valence-electron chi connectivity index (χ0n) is 21.7. The van der Waals surface area contributed by atoms with Gasteiger partial charge in [0, 0.05) is 25.0 Å². The summed E-state index contributed by atoms with van der Waals surface area (Å²) in [6.07, 6.45) is 0. The van der Waals surface area contributed by atoms with E-state index in [1.54, 1.807) is 44.2 Å². The molecule has 0 fully saturated rings. The number of hydrogen-bond donors (Lipinski definition) is 1. The highest BCUT2D eigenvalue weighted by Crippen LogP contribution is 2.30. The first kappa shape index (κ1) is 28.1. The van der Waals surface area contributed by atoms with Crippen LogP contribution in [0.25, 0.3) is 11.1 Å². The molecule has 9 nitrogen and oxygen atoms in total. The van der Waals surface area contributed by atoms with Crippen molar-refractivity contribution < 1.29 is 27.4 Å². The molecule has 0 aliphatic heterocycles. The summed E-state index contributed by atoms with van der Waals surface area (Å²) in [6.45, 7) is 3.62. The molecule has 204 valence electrons. The topological polar surface area (TPSA) is 121 Å². The number of methoxy groups -OCH3 is 1. The third-order valence-corrected chi connectivity index (χ3v) is 7.97. The second-order valence-electron chi connectivity index (χ2n) is 8.67. The fourth-order valence-corrected chi connectivity index (χ4v) is 5.67. The van der Waals surface area contributed by atoms with Gasteiger partial charge in [-0.1, -0.05) is 42.5 Å². The highest BCUT2D eigenvalue weighted by Gasteiger charge is 2.32. The molecule has 2 aromatic carbocycles. The van der Waals surface area contributed by atoms with Gasteiger partial charge in [-0.15, -0.1) is 0 Å². The van der Waals surface area contributed by atoms with Crippen molar-refractivity contribution in [1.82, 2.24) is 14.5 Å². The number of halogens is 1. The number of hydrogen-bond acceptors (Lipinski definition) is 8. The van der Waals surface area contributed by atoms with Crippen LogP contribution >= 0.6 is 0 Å². The van der Waals surface area contributed by atoms with Gasteiger partial charge in [0.2, 0.25) is 21.7 Å². The van der Waals surface area contributed by atoms with Crippen molar-refractivity contribution >= 4 is 9.84 Å². The largest absolute Gasteiger partial charge is 0.492 e. The van der Waals surface area contributed by atoms with Crippen molar-refractivity contribution in [3.05, 3.63) is 100 Å². The smallest absolute Gasteiger partial charge is 0.277 e. The highest BCUT2D eigenvalue weighted by molar-refractivity contribution is 7.91. The molecule has 1 N–H and O–H groups in total. The molecule has 1 unspecified atom stereocenters. The van der Waals surface area contributed by atoms with E-state index in [0.717, 1.165) is 0 Å². The van der Waals surface area contributed by atoms with Gasteiger partial charge in [0.05, 0.1) is 17.5 Å². The van der Waals surface area contributed by atoms with E-state index < -0.39 is 38.2 Å². The van der Waals surface area contributed by atoms with E-state index in [-0.39, 0.29) is 23.9 Å². The van der Waals surface area contributed by atoms with Gasteiger partial charge in [-0.25, -0.2) is 13.4 Å². The van der Waals surface area contributed by atoms with Gasteiger partial charge in [0.1, 0.15) is 12.4 Å². The van der Waals surface area contributed by atoms with Crippen LogP contribution < -0.4 is 5.56 Å². The van der Waals surface area contributed by atoms with E-state index in [1.165, 1.54) is 42.0 Å². The number of nitrogens with zero attached hydrogens (tertiary/aromatic N) is 3. The van der Waals surface area contributed by atoms with E-state index in [9.17, 15) is 22.7 Å². The molecule has 0 aliphatic rings. The van der Waals surface area contributed by atoms with Gasteiger partial charge >= 0.3 is 0 Å². The summed E-state index contributed by atoms with van der Waals surface area (Å²) in [5.41, 5.74) is 1.39. The van der Waals surface area contributed by atoms with Crippen LogP contribution in [0.2, 0.25) is 0 Å². The number of aromatic hydroxyl groups is 1. The fourth-order valence-electron chi connectivity index (χ4n) is 4.32. The number of pyridine rings is 1. The van der Waals surface area contributed by atoms with Crippen LogP contribution in [0.3, 0.4) is 0 Å². The summed E-state index contributed by atoms with van der Waals surface area (Å²) in [4.78, 5) is 20.7. The minimum absolute atomic E-state index is 0.0364. The quantitative estimate of drug-likeness (QED) is 0.292. The lowest BCUT2D eigenvalue weighted by Gasteiger charge is -2.23. The summed E-state index contributed by atoms with van der Waals surface area (Å²) in [7, 11) is -3.04. The van der Waals surface area contributed by atoms with Crippen LogP contribution in [-0.2, 0) is 25.9 Å². The second kappa shape index (κ2) is 11.9. The third-order valence-electron chi connectivity index (χ3n) is 6.18. The van der Waals surface area contributed by atoms with Crippen LogP contribution in [0, 0.1) is 12.9 Å². The van der Waals surface area contributed by atoms with Crippen molar-refractivity contribution in [3.63, 3.8) is 0 Å². The Hall–Kier alpha value is -3.93. The first-order chi connectivity index (χ1) is 18.7.